The summed E-state index contributed by atoms with van der Waals surface area (Å²) in [5.74, 6) is 0.157. The van der Waals surface area contributed by atoms with E-state index in [-0.39, 0.29) is 11.8 Å². The van der Waals surface area contributed by atoms with Gasteiger partial charge in [-0.3, -0.25) is 4.90 Å². The van der Waals surface area contributed by atoms with Gasteiger partial charge in [-0.25, -0.2) is 12.7 Å². The van der Waals surface area contributed by atoms with Crippen LogP contribution in [0.2, 0.25) is 0 Å². The highest BCUT2D eigenvalue weighted by Gasteiger charge is 2.23. The van der Waals surface area contributed by atoms with Crippen molar-refractivity contribution in [3.63, 3.8) is 0 Å². The Morgan fingerprint density at radius 2 is 1.83 bits per heavy atom. The largest absolute Gasteiger partial charge is 0.310 e. The highest BCUT2D eigenvalue weighted by Crippen LogP contribution is 2.14. The van der Waals surface area contributed by atoms with Crippen molar-refractivity contribution >= 4 is 10.0 Å². The van der Waals surface area contributed by atoms with E-state index in [0.717, 1.165) is 32.5 Å². The van der Waals surface area contributed by atoms with Crippen molar-refractivity contribution in [2.45, 2.75) is 38.4 Å². The van der Waals surface area contributed by atoms with Crippen LogP contribution in [0.25, 0.3) is 0 Å². The number of nitrogens with one attached hydrogen (secondary N) is 1. The van der Waals surface area contributed by atoms with Crippen molar-refractivity contribution < 1.29 is 8.42 Å². The quantitative estimate of drug-likeness (QED) is 0.818. The number of nitrogens with zero attached hydrogens (tertiary/aromatic N) is 2. The van der Waals surface area contributed by atoms with E-state index in [1.54, 1.807) is 14.1 Å². The van der Waals surface area contributed by atoms with E-state index in [1.165, 1.54) is 9.87 Å². The Bertz CT molecular complexity index is 567. The molecule has 1 fully saturated rings. The van der Waals surface area contributed by atoms with E-state index in [4.69, 9.17) is 0 Å². The van der Waals surface area contributed by atoms with E-state index in [9.17, 15) is 8.42 Å². The molecule has 1 atom stereocenters. The lowest BCUT2D eigenvalue weighted by Crippen LogP contribution is -2.47. The Labute approximate surface area is 140 Å². The summed E-state index contributed by atoms with van der Waals surface area (Å²) in [6.07, 6.45) is 2.14. The Morgan fingerprint density at radius 1 is 1.22 bits per heavy atom. The molecule has 6 heteroatoms. The predicted molar refractivity (Wildman–Crippen MR) is 94.8 cm³/mol. The molecule has 1 aromatic carbocycles. The number of hydrogen-bond donors (Lipinski definition) is 1. The van der Waals surface area contributed by atoms with Crippen LogP contribution in [0.5, 0.6) is 0 Å². The minimum absolute atomic E-state index is 0.0203. The number of benzene rings is 1. The van der Waals surface area contributed by atoms with Crippen molar-refractivity contribution in [1.82, 2.24) is 14.5 Å². The fraction of sp³-hybridized carbons (Fsp3) is 0.647. The molecule has 1 aliphatic heterocycles. The van der Waals surface area contributed by atoms with Gasteiger partial charge in [-0.1, -0.05) is 30.3 Å². The van der Waals surface area contributed by atoms with E-state index >= 15 is 0 Å². The van der Waals surface area contributed by atoms with E-state index in [0.29, 0.717) is 6.04 Å². The molecule has 1 aromatic rings. The van der Waals surface area contributed by atoms with Crippen molar-refractivity contribution in [3.8, 4) is 0 Å². The lowest BCUT2D eigenvalue weighted by Gasteiger charge is -2.34. The van der Waals surface area contributed by atoms with Crippen molar-refractivity contribution in [2.75, 3.05) is 32.9 Å². The number of sulfonamides is 1. The molecule has 1 heterocycles. The molecule has 0 radical (unpaired) electrons. The van der Waals surface area contributed by atoms with Gasteiger partial charge in [0.1, 0.15) is 0 Å². The normalized spacial score (nSPS) is 19.1. The van der Waals surface area contributed by atoms with Crippen LogP contribution >= 0.6 is 0 Å². The third-order valence-electron chi connectivity index (χ3n) is 4.37. The maximum absolute atomic E-state index is 11.9. The van der Waals surface area contributed by atoms with Crippen LogP contribution in [0.3, 0.4) is 0 Å². The van der Waals surface area contributed by atoms with Gasteiger partial charge in [0, 0.05) is 32.7 Å². The summed E-state index contributed by atoms with van der Waals surface area (Å²) in [4.78, 5) is 2.47. The number of piperidine rings is 1. The van der Waals surface area contributed by atoms with Crippen LogP contribution < -0.4 is 5.32 Å². The van der Waals surface area contributed by atoms with Crippen molar-refractivity contribution in [3.05, 3.63) is 35.9 Å². The van der Waals surface area contributed by atoms with E-state index in [2.05, 4.69) is 34.5 Å². The molecule has 0 amide bonds. The summed E-state index contributed by atoms with van der Waals surface area (Å²) >= 11 is 0. The molecular weight excluding hydrogens is 310 g/mol. The zero-order valence-corrected chi connectivity index (χ0v) is 15.2. The topological polar surface area (TPSA) is 52.7 Å². The first-order valence-electron chi connectivity index (χ1n) is 8.29. The second-order valence-electron chi connectivity index (χ2n) is 6.66. The lowest BCUT2D eigenvalue weighted by atomic mass is 10.0. The third-order valence-corrected chi connectivity index (χ3v) is 6.41. The molecule has 0 bridgehead atoms. The van der Waals surface area contributed by atoms with Gasteiger partial charge < -0.3 is 5.32 Å². The molecule has 0 saturated carbocycles. The number of likely N-dealkylation sites (tertiary alicyclic amines) is 1. The zero-order valence-electron chi connectivity index (χ0n) is 14.4. The van der Waals surface area contributed by atoms with E-state index < -0.39 is 10.0 Å². The Hall–Kier alpha value is -0.950. The van der Waals surface area contributed by atoms with Crippen LogP contribution in [0.15, 0.2) is 30.3 Å². The van der Waals surface area contributed by atoms with Gasteiger partial charge in [-0.15, -0.1) is 0 Å². The van der Waals surface area contributed by atoms with Gasteiger partial charge >= 0.3 is 0 Å². The maximum atomic E-state index is 11.9. The smallest absolute Gasteiger partial charge is 0.215 e. The second-order valence-corrected chi connectivity index (χ2v) is 8.89. The average molecular weight is 340 g/mol. The molecule has 2 rings (SSSR count). The van der Waals surface area contributed by atoms with Crippen LogP contribution in [-0.2, 0) is 16.6 Å². The Kier molecular flexibility index (Phi) is 6.59. The second kappa shape index (κ2) is 8.24. The van der Waals surface area contributed by atoms with Gasteiger partial charge in [0.2, 0.25) is 10.0 Å². The Balaban J connectivity index is 1.74. The van der Waals surface area contributed by atoms with Crippen molar-refractivity contribution in [1.29, 1.82) is 0 Å². The molecule has 0 aromatic heterocycles. The first kappa shape index (κ1) is 18.4. The van der Waals surface area contributed by atoms with Gasteiger partial charge in [0.25, 0.3) is 0 Å². The molecule has 5 nitrogen and oxygen atoms in total. The van der Waals surface area contributed by atoms with Crippen molar-refractivity contribution in [2.24, 2.45) is 0 Å². The van der Waals surface area contributed by atoms with E-state index in [1.807, 2.05) is 13.0 Å². The van der Waals surface area contributed by atoms with Gasteiger partial charge in [-0.2, -0.15) is 0 Å². The maximum Gasteiger partial charge on any atom is 0.215 e. The first-order valence-corrected chi connectivity index (χ1v) is 9.90. The fourth-order valence-electron chi connectivity index (χ4n) is 3.01. The van der Waals surface area contributed by atoms with Gasteiger partial charge in [0.05, 0.1) is 5.75 Å². The highest BCUT2D eigenvalue weighted by atomic mass is 32.2. The first-order chi connectivity index (χ1) is 10.9. The number of rotatable bonds is 7. The molecule has 0 spiro atoms. The summed E-state index contributed by atoms with van der Waals surface area (Å²) in [6.45, 7) is 5.06. The summed E-state index contributed by atoms with van der Waals surface area (Å²) in [7, 11) is 0.0356. The lowest BCUT2D eigenvalue weighted by molar-refractivity contribution is 0.186. The SMILES string of the molecule is CC(CS(=O)(=O)N(C)C)NC1CCN(Cc2ccccc2)CC1. The number of hydrogen-bond acceptors (Lipinski definition) is 4. The molecule has 130 valence electrons. The van der Waals surface area contributed by atoms with Gasteiger partial charge in [-0.05, 0) is 38.4 Å². The average Bonchev–Trinajstić information content (AvgIpc) is 2.49. The molecular formula is C17H29N3O2S. The summed E-state index contributed by atoms with van der Waals surface area (Å²) in [5, 5.41) is 3.48. The Morgan fingerprint density at radius 3 is 2.39 bits per heavy atom. The third kappa shape index (κ3) is 5.88. The van der Waals surface area contributed by atoms with Crippen LogP contribution in [0, 0.1) is 0 Å². The fourth-order valence-corrected chi connectivity index (χ4v) is 4.04. The monoisotopic (exact) mass is 339 g/mol. The zero-order chi connectivity index (χ0) is 16.9. The predicted octanol–water partition coefficient (Wildman–Crippen LogP) is 1.52. The molecule has 1 unspecified atom stereocenters. The van der Waals surface area contributed by atoms with Crippen LogP contribution in [-0.4, -0.2) is 62.6 Å². The minimum Gasteiger partial charge on any atom is -0.310 e. The summed E-state index contributed by atoms with van der Waals surface area (Å²) < 4.78 is 25.1. The molecule has 1 saturated heterocycles. The molecule has 1 N–H and O–H groups in total. The summed E-state index contributed by atoms with van der Waals surface area (Å²) in [5.41, 5.74) is 1.35. The molecule has 23 heavy (non-hydrogen) atoms. The van der Waals surface area contributed by atoms with Gasteiger partial charge in [0.15, 0.2) is 0 Å². The molecule has 0 aliphatic carbocycles. The van der Waals surface area contributed by atoms with Crippen LogP contribution in [0.1, 0.15) is 25.3 Å². The van der Waals surface area contributed by atoms with Crippen LogP contribution in [0.4, 0.5) is 0 Å². The highest BCUT2D eigenvalue weighted by molar-refractivity contribution is 7.89. The standard InChI is InChI=1S/C17H29N3O2S/c1-15(14-23(21,22)19(2)3)18-17-9-11-20(12-10-17)13-16-7-5-4-6-8-16/h4-8,15,17-18H,9-14H2,1-3H3. The summed E-state index contributed by atoms with van der Waals surface area (Å²) in [6, 6.07) is 10.9. The molecule has 1 aliphatic rings. The minimum atomic E-state index is -3.14.